The standard InChI is InChI=1S/C63H50S/c1-3-40-37-47(49-35-36-56-51-20-11-10-19-50(51)53-24-14-23-52(49)63(53)56)33-34-48(40)57-38-58-59(39-60(57)64-2)62(46-31-27-44(28-32-46)42-17-8-5-9-18-42)55-22-13-12-21-54(55)61(58)45-29-25-43(26-30-45)41-15-6-4-7-16-41/h4-6,8-15,17-25,27-29,31-39,50-51H,3,7,16,26,30H2,1-2H3. The van der Waals surface area contributed by atoms with Gasteiger partial charge in [-0.2, -0.15) is 0 Å². The molecular formula is C63H50S. The number of allylic oxidation sites excluding steroid dienone is 12. The van der Waals surface area contributed by atoms with Crippen molar-refractivity contribution in [3.8, 4) is 44.5 Å². The monoisotopic (exact) mass is 838 g/mol. The summed E-state index contributed by atoms with van der Waals surface area (Å²) in [7, 11) is 0. The molecule has 0 saturated carbocycles. The highest BCUT2D eigenvalue weighted by atomic mass is 32.2. The third-order valence-electron chi connectivity index (χ3n) is 14.6. The van der Waals surface area contributed by atoms with Crippen LogP contribution in [0.4, 0.5) is 0 Å². The summed E-state index contributed by atoms with van der Waals surface area (Å²) < 4.78 is 0. The lowest BCUT2D eigenvalue weighted by Crippen LogP contribution is -2.01. The Morgan fingerprint density at radius 3 is 1.84 bits per heavy atom. The van der Waals surface area contributed by atoms with Gasteiger partial charge in [0.15, 0.2) is 0 Å². The molecule has 12 rings (SSSR count). The highest BCUT2D eigenvalue weighted by Gasteiger charge is 2.33. The van der Waals surface area contributed by atoms with E-state index in [0.717, 1.165) is 32.1 Å². The van der Waals surface area contributed by atoms with Gasteiger partial charge in [0, 0.05) is 16.7 Å². The van der Waals surface area contributed by atoms with Crippen LogP contribution in [0.5, 0.6) is 0 Å². The Labute approximate surface area is 381 Å². The third kappa shape index (κ3) is 6.43. The lowest BCUT2D eigenvalue weighted by Gasteiger charge is -2.24. The summed E-state index contributed by atoms with van der Waals surface area (Å²) in [6.07, 6.45) is 28.5. The largest absolute Gasteiger partial charge is 0.129 e. The molecule has 8 aromatic rings. The molecule has 0 nitrogen and oxygen atoms in total. The van der Waals surface area contributed by atoms with Gasteiger partial charge < -0.3 is 0 Å². The molecule has 8 aromatic carbocycles. The summed E-state index contributed by atoms with van der Waals surface area (Å²) in [5.74, 6) is 0.853. The molecule has 0 aromatic heterocycles. The van der Waals surface area contributed by atoms with E-state index < -0.39 is 0 Å². The average Bonchev–Trinajstić information content (AvgIpc) is 3.70. The zero-order valence-electron chi connectivity index (χ0n) is 36.6. The summed E-state index contributed by atoms with van der Waals surface area (Å²) in [5, 5.41) is 8.10. The molecule has 4 aliphatic rings. The summed E-state index contributed by atoms with van der Waals surface area (Å²) in [5.41, 5.74) is 20.4. The lowest BCUT2D eigenvalue weighted by atomic mass is 9.81. The van der Waals surface area contributed by atoms with Gasteiger partial charge in [-0.15, -0.1) is 11.8 Å². The number of thioether (sulfide) groups is 1. The Hall–Kier alpha value is -6.67. The molecule has 0 radical (unpaired) electrons. The van der Waals surface area contributed by atoms with Gasteiger partial charge in [0.1, 0.15) is 0 Å². The molecule has 0 amide bonds. The second-order valence-electron chi connectivity index (χ2n) is 17.9. The average molecular weight is 839 g/mol. The van der Waals surface area contributed by atoms with Crippen LogP contribution in [0.1, 0.15) is 66.7 Å². The fourth-order valence-electron chi connectivity index (χ4n) is 11.5. The first-order valence-corrected chi connectivity index (χ1v) is 24.4. The fraction of sp³-hybridized carbons (Fsp3) is 0.143. The van der Waals surface area contributed by atoms with Gasteiger partial charge in [-0.1, -0.05) is 189 Å². The summed E-state index contributed by atoms with van der Waals surface area (Å²) >= 11 is 1.87. The van der Waals surface area contributed by atoms with Crippen molar-refractivity contribution in [3.05, 3.63) is 228 Å². The quantitative estimate of drug-likeness (QED) is 0.109. The first kappa shape index (κ1) is 39.0. The van der Waals surface area contributed by atoms with Gasteiger partial charge in [-0.25, -0.2) is 0 Å². The minimum absolute atomic E-state index is 0.427. The molecule has 0 aliphatic heterocycles. The zero-order chi connectivity index (χ0) is 42.7. The normalized spacial score (nSPS) is 17.5. The molecule has 0 bridgehead atoms. The first-order valence-electron chi connectivity index (χ1n) is 23.2. The molecule has 2 atom stereocenters. The minimum Gasteiger partial charge on any atom is -0.129 e. The minimum atomic E-state index is 0.427. The van der Waals surface area contributed by atoms with E-state index >= 15 is 0 Å². The van der Waals surface area contributed by atoms with Crippen molar-refractivity contribution < 1.29 is 0 Å². The van der Waals surface area contributed by atoms with Crippen molar-refractivity contribution in [2.24, 2.45) is 0 Å². The maximum atomic E-state index is 2.56. The van der Waals surface area contributed by atoms with Crippen LogP contribution >= 0.6 is 11.8 Å². The van der Waals surface area contributed by atoms with Crippen molar-refractivity contribution in [2.45, 2.75) is 55.8 Å². The Bertz CT molecular complexity index is 3360. The molecule has 64 heavy (non-hydrogen) atoms. The van der Waals surface area contributed by atoms with Crippen LogP contribution in [-0.2, 0) is 6.42 Å². The third-order valence-corrected chi connectivity index (χ3v) is 15.3. The Kier molecular flexibility index (Phi) is 9.83. The fourth-order valence-corrected chi connectivity index (χ4v) is 12.1. The molecule has 308 valence electrons. The predicted molar refractivity (Wildman–Crippen MR) is 277 cm³/mol. The molecule has 0 saturated heterocycles. The van der Waals surface area contributed by atoms with Crippen molar-refractivity contribution in [2.75, 3.05) is 6.26 Å². The molecule has 0 N–H and O–H groups in total. The van der Waals surface area contributed by atoms with Crippen molar-refractivity contribution in [1.82, 2.24) is 0 Å². The number of rotatable bonds is 8. The van der Waals surface area contributed by atoms with Crippen molar-refractivity contribution in [1.29, 1.82) is 0 Å². The molecule has 1 heteroatoms. The number of hydrogen-bond donors (Lipinski definition) is 0. The maximum absolute atomic E-state index is 2.56. The molecular weight excluding hydrogens is 789 g/mol. The summed E-state index contributed by atoms with van der Waals surface area (Å²) in [6, 6.07) is 53.3. The van der Waals surface area contributed by atoms with Crippen LogP contribution in [0.25, 0.3) is 82.4 Å². The Morgan fingerprint density at radius 1 is 0.469 bits per heavy atom. The van der Waals surface area contributed by atoms with Crippen LogP contribution in [0.2, 0.25) is 0 Å². The smallest absolute Gasteiger partial charge is 0.0154 e. The van der Waals surface area contributed by atoms with E-state index in [1.54, 1.807) is 0 Å². The molecule has 4 aliphatic carbocycles. The number of aryl methyl sites for hydroxylation is 1. The highest BCUT2D eigenvalue weighted by molar-refractivity contribution is 7.98. The number of fused-ring (bicyclic) bond motifs is 5. The van der Waals surface area contributed by atoms with Gasteiger partial charge in [0.25, 0.3) is 0 Å². The lowest BCUT2D eigenvalue weighted by molar-refractivity contribution is 0.769. The van der Waals surface area contributed by atoms with Crippen molar-refractivity contribution >= 4 is 49.7 Å². The van der Waals surface area contributed by atoms with Crippen molar-refractivity contribution in [3.63, 3.8) is 0 Å². The second-order valence-corrected chi connectivity index (χ2v) is 18.7. The number of benzene rings is 8. The Balaban J connectivity index is 1.06. The van der Waals surface area contributed by atoms with Crippen LogP contribution in [0, 0.1) is 0 Å². The van der Waals surface area contributed by atoms with Gasteiger partial charge in [0.05, 0.1) is 0 Å². The van der Waals surface area contributed by atoms with E-state index in [1.807, 2.05) is 11.8 Å². The van der Waals surface area contributed by atoms with Crippen LogP contribution < -0.4 is 0 Å². The van der Waals surface area contributed by atoms with E-state index in [9.17, 15) is 0 Å². The van der Waals surface area contributed by atoms with E-state index in [2.05, 4.69) is 207 Å². The van der Waals surface area contributed by atoms with E-state index in [4.69, 9.17) is 0 Å². The van der Waals surface area contributed by atoms with E-state index in [-0.39, 0.29) is 0 Å². The topological polar surface area (TPSA) is 0 Å². The van der Waals surface area contributed by atoms with Crippen LogP contribution in [0.15, 0.2) is 210 Å². The maximum Gasteiger partial charge on any atom is 0.0154 e. The molecule has 0 spiro atoms. The van der Waals surface area contributed by atoms with Crippen LogP contribution in [0.3, 0.4) is 0 Å². The zero-order valence-corrected chi connectivity index (χ0v) is 37.4. The summed E-state index contributed by atoms with van der Waals surface area (Å²) in [6.45, 7) is 2.32. The Morgan fingerprint density at radius 2 is 1.11 bits per heavy atom. The molecule has 2 unspecified atom stereocenters. The van der Waals surface area contributed by atoms with Gasteiger partial charge in [0.2, 0.25) is 0 Å². The molecule has 0 fully saturated rings. The SMILES string of the molecule is CCc1cc(-c2ccc3c4c(cccc24)C2C=CC=CC32)ccc1-c1cc2c(C3=CC=C(C4=CC=CCC4)CC3)c3ccccc3c(-c3ccc(-c4ccccc4)cc3)c2cc1SC. The predicted octanol–water partition coefficient (Wildman–Crippen LogP) is 17.8. The number of hydrogen-bond acceptors (Lipinski definition) is 1. The summed E-state index contributed by atoms with van der Waals surface area (Å²) in [4.78, 5) is 1.31. The second kappa shape index (κ2) is 16.2. The van der Waals surface area contributed by atoms with Crippen LogP contribution in [-0.4, -0.2) is 6.26 Å². The van der Waals surface area contributed by atoms with Gasteiger partial charge in [-0.05, 0) is 166 Å². The van der Waals surface area contributed by atoms with E-state index in [1.165, 1.54) is 121 Å². The van der Waals surface area contributed by atoms with Gasteiger partial charge >= 0.3 is 0 Å². The first-order chi connectivity index (χ1) is 31.7. The highest BCUT2D eigenvalue weighted by Crippen LogP contribution is 2.52. The van der Waals surface area contributed by atoms with Gasteiger partial charge in [-0.3, -0.25) is 0 Å². The van der Waals surface area contributed by atoms with E-state index in [0.29, 0.717) is 11.8 Å². The molecule has 0 heterocycles.